The Kier molecular flexibility index (Phi) is 6.99. The highest BCUT2D eigenvalue weighted by Crippen LogP contribution is 2.40. The number of rotatable bonds is 9. The fourth-order valence-electron chi connectivity index (χ4n) is 3.57. The lowest BCUT2D eigenvalue weighted by atomic mass is 9.80. The summed E-state index contributed by atoms with van der Waals surface area (Å²) in [5.74, 6) is 0. The van der Waals surface area contributed by atoms with Gasteiger partial charge in [-0.1, -0.05) is 97.9 Å². The summed E-state index contributed by atoms with van der Waals surface area (Å²) in [7, 11) is 0. The van der Waals surface area contributed by atoms with Gasteiger partial charge in [-0.25, -0.2) is 0 Å². The minimum atomic E-state index is -0.801. The lowest BCUT2D eigenvalue weighted by Crippen LogP contribution is -2.35. The van der Waals surface area contributed by atoms with E-state index in [0.717, 1.165) is 16.7 Å². The van der Waals surface area contributed by atoms with Gasteiger partial charge < -0.3 is 14.9 Å². The second kappa shape index (κ2) is 9.65. The van der Waals surface area contributed by atoms with Crippen molar-refractivity contribution in [3.63, 3.8) is 0 Å². The van der Waals surface area contributed by atoms with E-state index in [1.54, 1.807) is 0 Å². The lowest BCUT2D eigenvalue weighted by Gasteiger charge is -2.36. The molecule has 0 aromatic heterocycles. The Balaban J connectivity index is 2.04. The third kappa shape index (κ3) is 4.33. The van der Waals surface area contributed by atoms with E-state index in [9.17, 15) is 10.2 Å². The number of hydrogen-bond acceptors (Lipinski definition) is 3. The predicted octanol–water partition coefficient (Wildman–Crippen LogP) is 4.52. The third-order valence-electron chi connectivity index (χ3n) is 5.14. The number of aliphatic hydroxyl groups is 2. The summed E-state index contributed by atoms with van der Waals surface area (Å²) in [5, 5.41) is 20.1. The molecule has 2 atom stereocenters. The van der Waals surface area contributed by atoms with Gasteiger partial charge in [0.1, 0.15) is 5.60 Å². The summed E-state index contributed by atoms with van der Waals surface area (Å²) in [4.78, 5) is 0. The van der Waals surface area contributed by atoms with Crippen molar-refractivity contribution in [1.82, 2.24) is 0 Å². The van der Waals surface area contributed by atoms with Crippen LogP contribution in [0.4, 0.5) is 0 Å². The summed E-state index contributed by atoms with van der Waals surface area (Å²) in [5.41, 5.74) is 2.29. The van der Waals surface area contributed by atoms with E-state index >= 15 is 0 Å². The second-order valence-electron chi connectivity index (χ2n) is 6.96. The molecular weight excluding hydrogens is 348 g/mol. The maximum atomic E-state index is 10.2. The smallest absolute Gasteiger partial charge is 0.143 e. The van der Waals surface area contributed by atoms with Gasteiger partial charge in [-0.3, -0.25) is 0 Å². The van der Waals surface area contributed by atoms with Crippen molar-refractivity contribution in [3.05, 3.63) is 108 Å². The zero-order chi connectivity index (χ0) is 19.8. The van der Waals surface area contributed by atoms with E-state index in [4.69, 9.17) is 4.74 Å². The summed E-state index contributed by atoms with van der Waals surface area (Å²) >= 11 is 0. The van der Waals surface area contributed by atoms with E-state index in [0.29, 0.717) is 19.4 Å². The van der Waals surface area contributed by atoms with Crippen LogP contribution in [-0.2, 0) is 10.3 Å². The first kappa shape index (κ1) is 20.3. The fourth-order valence-corrected chi connectivity index (χ4v) is 3.57. The van der Waals surface area contributed by atoms with Crippen LogP contribution in [0.15, 0.2) is 91.0 Å². The molecule has 0 saturated carbocycles. The molecular formula is C25H28O3. The molecule has 3 nitrogen and oxygen atoms in total. The highest BCUT2D eigenvalue weighted by Gasteiger charge is 2.37. The number of ether oxygens (including phenoxy) is 1. The lowest BCUT2D eigenvalue weighted by molar-refractivity contribution is -0.0361. The number of benzene rings is 3. The minimum Gasteiger partial charge on any atom is -0.390 e. The molecule has 0 spiro atoms. The van der Waals surface area contributed by atoms with Crippen molar-refractivity contribution in [1.29, 1.82) is 0 Å². The molecule has 0 amide bonds. The van der Waals surface area contributed by atoms with Crippen LogP contribution in [0.5, 0.6) is 0 Å². The highest BCUT2D eigenvalue weighted by atomic mass is 16.5. The van der Waals surface area contributed by atoms with Crippen molar-refractivity contribution in [2.24, 2.45) is 0 Å². The van der Waals surface area contributed by atoms with Gasteiger partial charge in [0.05, 0.1) is 18.8 Å². The molecule has 0 aliphatic carbocycles. The molecule has 0 aliphatic heterocycles. The van der Waals surface area contributed by atoms with Gasteiger partial charge in [0.2, 0.25) is 0 Å². The van der Waals surface area contributed by atoms with Crippen LogP contribution in [0.3, 0.4) is 0 Å². The molecule has 0 bridgehead atoms. The zero-order valence-electron chi connectivity index (χ0n) is 16.2. The van der Waals surface area contributed by atoms with Crippen molar-refractivity contribution >= 4 is 0 Å². The van der Waals surface area contributed by atoms with Crippen LogP contribution in [0, 0.1) is 0 Å². The van der Waals surface area contributed by atoms with E-state index < -0.39 is 17.8 Å². The first-order valence-corrected chi connectivity index (χ1v) is 9.85. The quantitative estimate of drug-likeness (QED) is 0.540. The third-order valence-corrected chi connectivity index (χ3v) is 5.14. The SMILES string of the molecule is CCC(O)C(O)CCOC(c1ccccc1)(c1ccccc1)c1ccccc1. The van der Waals surface area contributed by atoms with Gasteiger partial charge in [0.25, 0.3) is 0 Å². The summed E-state index contributed by atoms with van der Waals surface area (Å²) in [6, 6.07) is 30.4. The summed E-state index contributed by atoms with van der Waals surface area (Å²) in [6.07, 6.45) is -0.653. The molecule has 146 valence electrons. The Morgan fingerprint density at radius 3 is 1.43 bits per heavy atom. The molecule has 0 aliphatic rings. The van der Waals surface area contributed by atoms with Crippen molar-refractivity contribution in [2.75, 3.05) is 6.61 Å². The van der Waals surface area contributed by atoms with Gasteiger partial charge in [-0.2, -0.15) is 0 Å². The fraction of sp³-hybridized carbons (Fsp3) is 0.280. The number of aliphatic hydroxyl groups excluding tert-OH is 2. The van der Waals surface area contributed by atoms with Gasteiger partial charge in [-0.05, 0) is 29.5 Å². The number of hydrogen-bond donors (Lipinski definition) is 2. The molecule has 3 heteroatoms. The molecule has 28 heavy (non-hydrogen) atoms. The Morgan fingerprint density at radius 1 is 0.679 bits per heavy atom. The molecule has 3 aromatic rings. The van der Waals surface area contributed by atoms with E-state index in [1.807, 2.05) is 61.5 Å². The van der Waals surface area contributed by atoms with Crippen molar-refractivity contribution in [2.45, 2.75) is 37.6 Å². The van der Waals surface area contributed by atoms with Gasteiger partial charge >= 0.3 is 0 Å². The average Bonchev–Trinajstić information content (AvgIpc) is 2.78. The van der Waals surface area contributed by atoms with Crippen LogP contribution in [0.25, 0.3) is 0 Å². The van der Waals surface area contributed by atoms with Crippen LogP contribution in [-0.4, -0.2) is 29.0 Å². The molecule has 0 radical (unpaired) electrons. The van der Waals surface area contributed by atoms with Crippen LogP contribution in [0.2, 0.25) is 0 Å². The van der Waals surface area contributed by atoms with Crippen molar-refractivity contribution < 1.29 is 14.9 Å². The Hall–Kier alpha value is -2.46. The Bertz CT molecular complexity index is 722. The predicted molar refractivity (Wildman–Crippen MR) is 112 cm³/mol. The van der Waals surface area contributed by atoms with Gasteiger partial charge in [0, 0.05) is 0 Å². The maximum absolute atomic E-state index is 10.2. The van der Waals surface area contributed by atoms with E-state index in [-0.39, 0.29) is 0 Å². The monoisotopic (exact) mass is 376 g/mol. The standard InChI is InChI=1S/C25H28O3/c1-2-23(26)24(27)18-19-28-25(20-12-6-3-7-13-20,21-14-8-4-9-15-21)22-16-10-5-11-17-22/h3-17,23-24,26-27H,2,18-19H2,1H3. The second-order valence-corrected chi connectivity index (χ2v) is 6.96. The minimum absolute atomic E-state index is 0.316. The molecule has 0 saturated heterocycles. The first-order valence-electron chi connectivity index (χ1n) is 9.85. The van der Waals surface area contributed by atoms with Crippen LogP contribution in [0.1, 0.15) is 36.5 Å². The molecule has 3 aromatic carbocycles. The normalized spacial score (nSPS) is 13.8. The molecule has 2 N–H and O–H groups in total. The van der Waals surface area contributed by atoms with Crippen molar-refractivity contribution in [3.8, 4) is 0 Å². The van der Waals surface area contributed by atoms with Crippen LogP contribution >= 0.6 is 0 Å². The molecule has 3 rings (SSSR count). The van der Waals surface area contributed by atoms with Gasteiger partial charge in [0.15, 0.2) is 0 Å². The average molecular weight is 376 g/mol. The first-order chi connectivity index (χ1) is 13.7. The molecule has 0 heterocycles. The molecule has 0 fully saturated rings. The summed E-state index contributed by atoms with van der Waals surface area (Å²) < 4.78 is 6.58. The molecule has 2 unspecified atom stereocenters. The van der Waals surface area contributed by atoms with E-state index in [1.165, 1.54) is 0 Å². The van der Waals surface area contributed by atoms with Gasteiger partial charge in [-0.15, -0.1) is 0 Å². The zero-order valence-corrected chi connectivity index (χ0v) is 16.2. The van der Waals surface area contributed by atoms with E-state index in [2.05, 4.69) is 36.4 Å². The Morgan fingerprint density at radius 2 is 1.07 bits per heavy atom. The Labute approximate surface area is 167 Å². The van der Waals surface area contributed by atoms with Crippen LogP contribution < -0.4 is 0 Å². The topological polar surface area (TPSA) is 49.7 Å². The maximum Gasteiger partial charge on any atom is 0.143 e. The largest absolute Gasteiger partial charge is 0.390 e. The highest BCUT2D eigenvalue weighted by molar-refractivity contribution is 5.47. The summed E-state index contributed by atoms with van der Waals surface area (Å²) in [6.45, 7) is 2.17.